The first-order valence-electron chi connectivity index (χ1n) is 11.0. The van der Waals surface area contributed by atoms with E-state index < -0.39 is 12.1 Å². The first kappa shape index (κ1) is 26.2. The monoisotopic (exact) mass is 546 g/mol. The molecule has 3 N–H and O–H groups in total. The molecule has 0 atom stereocenters. The van der Waals surface area contributed by atoms with Gasteiger partial charge < -0.3 is 29.9 Å². The molecule has 3 rings (SSSR count). The van der Waals surface area contributed by atoms with Crippen molar-refractivity contribution >= 4 is 50.4 Å². The molecule has 35 heavy (non-hydrogen) atoms. The summed E-state index contributed by atoms with van der Waals surface area (Å²) in [6, 6.07) is 8.80. The molecule has 11 heteroatoms. The minimum atomic E-state index is -1.02. The number of unbranched alkanes of at least 4 members (excludes halogenated alkanes) is 2. The van der Waals surface area contributed by atoms with Crippen LogP contribution in [0.2, 0.25) is 0 Å². The number of hydrogen-bond donors (Lipinski definition) is 3. The zero-order valence-electron chi connectivity index (χ0n) is 19.5. The minimum absolute atomic E-state index is 0.0891. The van der Waals surface area contributed by atoms with Crippen LogP contribution in [0.1, 0.15) is 31.7 Å². The lowest BCUT2D eigenvalue weighted by Crippen LogP contribution is -2.30. The lowest BCUT2D eigenvalue weighted by molar-refractivity contribution is -0.132. The van der Waals surface area contributed by atoms with Crippen LogP contribution < -0.4 is 14.8 Å². The van der Waals surface area contributed by atoms with Crippen LogP contribution in [0.25, 0.3) is 10.9 Å². The van der Waals surface area contributed by atoms with Crippen LogP contribution in [-0.4, -0.2) is 57.4 Å². The summed E-state index contributed by atoms with van der Waals surface area (Å²) in [5, 5.41) is 22.5. The Hall–Kier alpha value is -3.44. The van der Waals surface area contributed by atoms with E-state index in [0.717, 1.165) is 16.5 Å². The molecule has 0 saturated carbocycles. The average Bonchev–Trinajstić information content (AvgIpc) is 2.81. The summed E-state index contributed by atoms with van der Waals surface area (Å²) in [7, 11) is 1.47. The van der Waals surface area contributed by atoms with E-state index in [9.17, 15) is 14.7 Å². The standard InChI is InChI=1S/C24H27BrN4O6/c1-15(31)35-22-11-18-20(12-21(22)34-2)26-14-27-23(18)28-19-10-17(25)7-6-16(19)13-29(24(32)33)8-4-3-5-9-30/h6-7,10-12,14,30H,3-5,8-9,13H2,1-2H3,(H,32,33)(H,26,27,28). The molecule has 0 unspecified atom stereocenters. The van der Waals surface area contributed by atoms with Crippen molar-refractivity contribution in [3.05, 3.63) is 46.7 Å². The van der Waals surface area contributed by atoms with Gasteiger partial charge in [-0.1, -0.05) is 22.0 Å². The highest BCUT2D eigenvalue weighted by Crippen LogP contribution is 2.35. The number of esters is 1. The first-order valence-corrected chi connectivity index (χ1v) is 11.8. The predicted molar refractivity (Wildman–Crippen MR) is 134 cm³/mol. The summed E-state index contributed by atoms with van der Waals surface area (Å²) >= 11 is 3.47. The Bertz CT molecular complexity index is 1210. The fourth-order valence-corrected chi connectivity index (χ4v) is 3.89. The highest BCUT2D eigenvalue weighted by molar-refractivity contribution is 9.10. The summed E-state index contributed by atoms with van der Waals surface area (Å²) in [5.74, 6) is 0.560. The van der Waals surface area contributed by atoms with Crippen LogP contribution in [0.15, 0.2) is 41.1 Å². The maximum atomic E-state index is 11.8. The van der Waals surface area contributed by atoms with Gasteiger partial charge >= 0.3 is 12.1 Å². The van der Waals surface area contributed by atoms with Crippen LogP contribution in [0.3, 0.4) is 0 Å². The number of amides is 1. The van der Waals surface area contributed by atoms with Gasteiger partial charge in [0.05, 0.1) is 19.2 Å². The van der Waals surface area contributed by atoms with Crippen LogP contribution in [0.4, 0.5) is 16.3 Å². The number of carboxylic acid groups (broad SMARTS) is 1. The number of aliphatic hydroxyl groups is 1. The molecule has 186 valence electrons. The quantitative estimate of drug-likeness (QED) is 0.177. The number of halogens is 1. The van der Waals surface area contributed by atoms with Gasteiger partial charge in [0.25, 0.3) is 0 Å². The Morgan fingerprint density at radius 2 is 1.91 bits per heavy atom. The Labute approximate surface area is 211 Å². The number of aromatic nitrogens is 2. The molecular weight excluding hydrogens is 520 g/mol. The van der Waals surface area contributed by atoms with Gasteiger partial charge in [-0.15, -0.1) is 0 Å². The van der Waals surface area contributed by atoms with E-state index in [1.54, 1.807) is 12.1 Å². The first-order chi connectivity index (χ1) is 16.8. The van der Waals surface area contributed by atoms with Gasteiger partial charge in [-0.2, -0.15) is 0 Å². The molecule has 0 aliphatic carbocycles. The molecule has 1 amide bonds. The number of carbonyl (C=O) groups excluding carboxylic acids is 1. The van der Waals surface area contributed by atoms with Crippen LogP contribution in [-0.2, 0) is 11.3 Å². The maximum Gasteiger partial charge on any atom is 0.407 e. The fourth-order valence-electron chi connectivity index (χ4n) is 3.53. The highest BCUT2D eigenvalue weighted by atomic mass is 79.9. The molecular formula is C24H27BrN4O6. The molecule has 1 aromatic heterocycles. The Kier molecular flexibility index (Phi) is 9.21. The fraction of sp³-hybridized carbons (Fsp3) is 0.333. The minimum Gasteiger partial charge on any atom is -0.493 e. The van der Waals surface area contributed by atoms with E-state index in [1.165, 1.54) is 25.3 Å². The largest absolute Gasteiger partial charge is 0.493 e. The summed E-state index contributed by atoms with van der Waals surface area (Å²) in [6.07, 6.45) is 2.42. The Morgan fingerprint density at radius 3 is 2.60 bits per heavy atom. The number of benzene rings is 2. The number of nitrogens with one attached hydrogen (secondary N) is 1. The summed E-state index contributed by atoms with van der Waals surface area (Å²) in [6.45, 7) is 1.91. The van der Waals surface area contributed by atoms with Crippen molar-refractivity contribution in [1.82, 2.24) is 14.9 Å². The van der Waals surface area contributed by atoms with E-state index in [0.29, 0.717) is 47.5 Å². The van der Waals surface area contributed by atoms with Gasteiger partial charge in [-0.05, 0) is 43.0 Å². The van der Waals surface area contributed by atoms with Gasteiger partial charge in [-0.3, -0.25) is 4.79 Å². The zero-order valence-corrected chi connectivity index (χ0v) is 21.0. The molecule has 10 nitrogen and oxygen atoms in total. The number of ether oxygens (including phenoxy) is 2. The smallest absolute Gasteiger partial charge is 0.407 e. The third-order valence-corrected chi connectivity index (χ3v) is 5.71. The Morgan fingerprint density at radius 1 is 1.11 bits per heavy atom. The van der Waals surface area contributed by atoms with E-state index >= 15 is 0 Å². The van der Waals surface area contributed by atoms with E-state index in [4.69, 9.17) is 14.6 Å². The number of methoxy groups -OCH3 is 1. The van der Waals surface area contributed by atoms with E-state index in [1.807, 2.05) is 18.2 Å². The van der Waals surface area contributed by atoms with Crippen molar-refractivity contribution in [2.24, 2.45) is 0 Å². The summed E-state index contributed by atoms with van der Waals surface area (Å²) in [4.78, 5) is 33.4. The summed E-state index contributed by atoms with van der Waals surface area (Å²) < 4.78 is 11.4. The number of carbonyl (C=O) groups is 2. The molecule has 1 heterocycles. The van der Waals surface area contributed by atoms with Crippen LogP contribution >= 0.6 is 15.9 Å². The van der Waals surface area contributed by atoms with Crippen molar-refractivity contribution < 1.29 is 29.3 Å². The Balaban J connectivity index is 1.95. The van der Waals surface area contributed by atoms with Gasteiger partial charge in [0, 0.05) is 41.7 Å². The summed E-state index contributed by atoms with van der Waals surface area (Å²) in [5.41, 5.74) is 1.98. The second-order valence-corrected chi connectivity index (χ2v) is 8.67. The molecule has 3 aromatic rings. The van der Waals surface area contributed by atoms with Gasteiger partial charge in [-0.25, -0.2) is 14.8 Å². The normalized spacial score (nSPS) is 10.7. The van der Waals surface area contributed by atoms with Crippen LogP contribution in [0, 0.1) is 0 Å². The predicted octanol–water partition coefficient (Wildman–Crippen LogP) is 4.71. The molecule has 0 saturated heterocycles. The lowest BCUT2D eigenvalue weighted by Gasteiger charge is -2.22. The van der Waals surface area contributed by atoms with Crippen molar-refractivity contribution in [3.63, 3.8) is 0 Å². The second-order valence-electron chi connectivity index (χ2n) is 7.75. The van der Waals surface area contributed by atoms with E-state index in [-0.39, 0.29) is 18.9 Å². The van der Waals surface area contributed by atoms with Crippen molar-refractivity contribution in [3.8, 4) is 11.5 Å². The third-order valence-electron chi connectivity index (χ3n) is 5.22. The highest BCUT2D eigenvalue weighted by Gasteiger charge is 2.17. The molecule has 2 aromatic carbocycles. The molecule has 0 spiro atoms. The molecule has 0 bridgehead atoms. The molecule has 0 fully saturated rings. The van der Waals surface area contributed by atoms with Crippen molar-refractivity contribution in [2.75, 3.05) is 25.6 Å². The molecule has 0 radical (unpaired) electrons. The second kappa shape index (κ2) is 12.3. The molecule has 0 aliphatic heterocycles. The number of fused-ring (bicyclic) bond motifs is 1. The lowest BCUT2D eigenvalue weighted by atomic mass is 10.1. The van der Waals surface area contributed by atoms with Gasteiger partial charge in [0.2, 0.25) is 0 Å². The number of aliphatic hydroxyl groups excluding tert-OH is 1. The maximum absolute atomic E-state index is 11.8. The van der Waals surface area contributed by atoms with E-state index in [2.05, 4.69) is 31.2 Å². The number of anilines is 2. The topological polar surface area (TPSA) is 134 Å². The van der Waals surface area contributed by atoms with Crippen molar-refractivity contribution in [1.29, 1.82) is 0 Å². The average molecular weight is 547 g/mol. The van der Waals surface area contributed by atoms with Crippen LogP contribution in [0.5, 0.6) is 11.5 Å². The third kappa shape index (κ3) is 7.03. The number of rotatable bonds is 11. The van der Waals surface area contributed by atoms with Gasteiger partial charge in [0.15, 0.2) is 11.5 Å². The van der Waals surface area contributed by atoms with Gasteiger partial charge in [0.1, 0.15) is 12.1 Å². The zero-order chi connectivity index (χ0) is 25.4. The molecule has 0 aliphatic rings. The van der Waals surface area contributed by atoms with Crippen molar-refractivity contribution in [2.45, 2.75) is 32.7 Å². The SMILES string of the molecule is COc1cc2ncnc(Nc3cc(Br)ccc3CN(CCCCCO)C(=O)O)c2cc1OC(C)=O. The number of nitrogens with zero attached hydrogens (tertiary/aromatic N) is 3. The number of hydrogen-bond acceptors (Lipinski definition) is 8.